The van der Waals surface area contributed by atoms with Gasteiger partial charge in [-0.1, -0.05) is 11.6 Å². The maximum Gasteiger partial charge on any atom is 0.335 e. The Kier molecular flexibility index (Phi) is 4.17. The number of halogens is 1. The van der Waals surface area contributed by atoms with Crippen LogP contribution in [-0.2, 0) is 9.53 Å². The van der Waals surface area contributed by atoms with Gasteiger partial charge in [0.25, 0.3) is 0 Å². The van der Waals surface area contributed by atoms with E-state index in [1.54, 1.807) is 18.2 Å². The van der Waals surface area contributed by atoms with Gasteiger partial charge in [0.1, 0.15) is 24.1 Å². The van der Waals surface area contributed by atoms with Crippen molar-refractivity contribution in [2.24, 2.45) is 0 Å². The van der Waals surface area contributed by atoms with Gasteiger partial charge in [-0.25, -0.2) is 4.79 Å². The quantitative estimate of drug-likeness (QED) is 0.533. The summed E-state index contributed by atoms with van der Waals surface area (Å²) in [6, 6.07) is 4.99. The normalized spacial score (nSPS) is 31.2. The van der Waals surface area contributed by atoms with Gasteiger partial charge >= 0.3 is 5.97 Å². The van der Waals surface area contributed by atoms with E-state index in [0.29, 0.717) is 15.9 Å². The fraction of sp³-hybridized carbons (Fsp3) is 0.357. The molecule has 2 unspecified atom stereocenters. The molecular weight excluding hydrogens is 330 g/mol. The molecule has 8 nitrogen and oxygen atoms in total. The molecule has 1 aromatic heterocycles. The number of fused-ring (bicyclic) bond motifs is 1. The third-order valence-corrected chi connectivity index (χ3v) is 3.90. The fourth-order valence-electron chi connectivity index (χ4n) is 2.44. The van der Waals surface area contributed by atoms with Crippen molar-refractivity contribution >= 4 is 28.5 Å². The molecule has 0 radical (unpaired) electrons. The van der Waals surface area contributed by atoms with Crippen LogP contribution in [-0.4, -0.2) is 62.1 Å². The van der Waals surface area contributed by atoms with Crippen molar-refractivity contribution in [3.63, 3.8) is 0 Å². The van der Waals surface area contributed by atoms with E-state index in [0.717, 1.165) is 0 Å². The molecule has 0 bridgehead atoms. The van der Waals surface area contributed by atoms with E-state index in [9.17, 15) is 20.1 Å². The second-order valence-electron chi connectivity index (χ2n) is 5.20. The van der Waals surface area contributed by atoms with Crippen molar-refractivity contribution in [1.29, 1.82) is 0 Å². The van der Waals surface area contributed by atoms with Gasteiger partial charge in [-0.05, 0) is 18.2 Å². The second kappa shape index (κ2) is 5.99. The van der Waals surface area contributed by atoms with Gasteiger partial charge < -0.3 is 34.9 Å². The highest BCUT2D eigenvalue weighted by Gasteiger charge is 2.48. The summed E-state index contributed by atoms with van der Waals surface area (Å²) in [7, 11) is 0. The van der Waals surface area contributed by atoms with Gasteiger partial charge in [0.05, 0.1) is 5.52 Å². The molecule has 1 aromatic carbocycles. The van der Waals surface area contributed by atoms with Crippen LogP contribution in [0.3, 0.4) is 0 Å². The van der Waals surface area contributed by atoms with Crippen LogP contribution in [0.4, 0.5) is 0 Å². The van der Waals surface area contributed by atoms with Gasteiger partial charge in [0, 0.05) is 16.6 Å². The fourth-order valence-corrected chi connectivity index (χ4v) is 2.62. The minimum Gasteiger partial charge on any atom is -0.479 e. The summed E-state index contributed by atoms with van der Waals surface area (Å²) < 4.78 is 10.5. The number of benzene rings is 1. The van der Waals surface area contributed by atoms with E-state index in [2.05, 4.69) is 4.98 Å². The number of H-pyrrole nitrogens is 1. The van der Waals surface area contributed by atoms with Crippen molar-refractivity contribution in [3.05, 3.63) is 29.4 Å². The number of rotatable bonds is 3. The van der Waals surface area contributed by atoms with Crippen LogP contribution in [0, 0.1) is 0 Å². The highest BCUT2D eigenvalue weighted by molar-refractivity contribution is 6.31. The zero-order chi connectivity index (χ0) is 16.7. The number of aromatic amines is 1. The molecule has 0 saturated carbocycles. The van der Waals surface area contributed by atoms with E-state index in [1.165, 1.54) is 6.20 Å². The Bertz CT molecular complexity index is 733. The SMILES string of the molecule is O=C(O)C1O[C@@H](Oc2c[nH]c3cc(Cl)ccc23)C(O)[C@H](O)[C@@H]1O. The van der Waals surface area contributed by atoms with Crippen molar-refractivity contribution in [3.8, 4) is 5.75 Å². The Hall–Kier alpha value is -1.84. The summed E-state index contributed by atoms with van der Waals surface area (Å²) in [5.41, 5.74) is 0.674. The van der Waals surface area contributed by atoms with Crippen LogP contribution in [0.15, 0.2) is 24.4 Å². The number of hydrogen-bond acceptors (Lipinski definition) is 6. The molecule has 0 amide bonds. The lowest BCUT2D eigenvalue weighted by molar-refractivity contribution is -0.270. The van der Waals surface area contributed by atoms with Crippen molar-refractivity contribution < 1.29 is 34.7 Å². The first-order valence-corrected chi connectivity index (χ1v) is 7.12. The topological polar surface area (TPSA) is 132 Å². The molecular formula is C14H14ClNO7. The Morgan fingerprint density at radius 2 is 1.96 bits per heavy atom. The third kappa shape index (κ3) is 2.87. The molecule has 0 aliphatic carbocycles. The maximum atomic E-state index is 11.1. The van der Waals surface area contributed by atoms with E-state index in [-0.39, 0.29) is 5.75 Å². The summed E-state index contributed by atoms with van der Waals surface area (Å²) in [5.74, 6) is -1.18. The maximum absolute atomic E-state index is 11.1. The van der Waals surface area contributed by atoms with Crippen LogP contribution in [0.1, 0.15) is 0 Å². The minimum absolute atomic E-state index is 0.286. The highest BCUT2D eigenvalue weighted by Crippen LogP contribution is 2.31. The van der Waals surface area contributed by atoms with Crippen LogP contribution in [0.5, 0.6) is 5.75 Å². The molecule has 2 heterocycles. The molecule has 1 fully saturated rings. The lowest BCUT2D eigenvalue weighted by Gasteiger charge is -2.38. The van der Waals surface area contributed by atoms with Gasteiger partial charge in [-0.2, -0.15) is 0 Å². The summed E-state index contributed by atoms with van der Waals surface area (Å²) in [6.07, 6.45) is -6.76. The largest absolute Gasteiger partial charge is 0.479 e. The number of aromatic nitrogens is 1. The molecule has 5 N–H and O–H groups in total. The average molecular weight is 344 g/mol. The number of ether oxygens (including phenoxy) is 2. The number of carboxylic acid groups (broad SMARTS) is 1. The predicted octanol–water partition coefficient (Wildman–Crippen LogP) is 0.0923. The summed E-state index contributed by atoms with van der Waals surface area (Å²) in [6.45, 7) is 0. The molecule has 1 saturated heterocycles. The van der Waals surface area contributed by atoms with Gasteiger partial charge in [0.2, 0.25) is 6.29 Å². The first-order chi connectivity index (χ1) is 10.9. The van der Waals surface area contributed by atoms with E-state index >= 15 is 0 Å². The summed E-state index contributed by atoms with van der Waals surface area (Å²) >= 11 is 5.88. The Morgan fingerprint density at radius 3 is 2.65 bits per heavy atom. The Labute approximate surface area is 134 Å². The number of hydrogen-bond donors (Lipinski definition) is 5. The lowest BCUT2D eigenvalue weighted by Crippen LogP contribution is -2.61. The summed E-state index contributed by atoms with van der Waals surface area (Å²) in [5, 5.41) is 39.5. The molecule has 23 heavy (non-hydrogen) atoms. The third-order valence-electron chi connectivity index (χ3n) is 3.66. The Morgan fingerprint density at radius 1 is 1.22 bits per heavy atom. The second-order valence-corrected chi connectivity index (χ2v) is 5.63. The molecule has 1 aliphatic rings. The molecule has 0 spiro atoms. The molecule has 9 heteroatoms. The zero-order valence-corrected chi connectivity index (χ0v) is 12.3. The Balaban J connectivity index is 1.86. The first kappa shape index (κ1) is 16.0. The molecule has 1 aliphatic heterocycles. The number of nitrogens with one attached hydrogen (secondary N) is 1. The number of aliphatic carboxylic acids is 1. The number of carboxylic acids is 1. The monoisotopic (exact) mass is 343 g/mol. The molecule has 2 aromatic rings. The van der Waals surface area contributed by atoms with E-state index in [4.69, 9.17) is 26.2 Å². The van der Waals surface area contributed by atoms with Gasteiger partial charge in [0.15, 0.2) is 6.10 Å². The van der Waals surface area contributed by atoms with Gasteiger partial charge in [-0.15, -0.1) is 0 Å². The minimum atomic E-state index is -1.76. The van der Waals surface area contributed by atoms with Crippen LogP contribution in [0.2, 0.25) is 5.02 Å². The van der Waals surface area contributed by atoms with Crippen molar-refractivity contribution in [2.75, 3.05) is 0 Å². The molecule has 124 valence electrons. The van der Waals surface area contributed by atoms with Crippen LogP contribution in [0.25, 0.3) is 10.9 Å². The number of carbonyl (C=O) groups is 1. The van der Waals surface area contributed by atoms with E-state index in [1.807, 2.05) is 0 Å². The number of aliphatic hydroxyl groups excluding tert-OH is 3. The van der Waals surface area contributed by atoms with Gasteiger partial charge in [-0.3, -0.25) is 0 Å². The summed E-state index contributed by atoms with van der Waals surface area (Å²) in [4.78, 5) is 14.0. The van der Waals surface area contributed by atoms with Crippen LogP contribution >= 0.6 is 11.6 Å². The van der Waals surface area contributed by atoms with Crippen molar-refractivity contribution in [1.82, 2.24) is 4.98 Å². The van der Waals surface area contributed by atoms with Crippen LogP contribution < -0.4 is 4.74 Å². The molecule has 5 atom stereocenters. The van der Waals surface area contributed by atoms with E-state index < -0.39 is 36.7 Å². The average Bonchev–Trinajstić information content (AvgIpc) is 2.89. The zero-order valence-electron chi connectivity index (χ0n) is 11.6. The smallest absolute Gasteiger partial charge is 0.335 e. The predicted molar refractivity (Wildman–Crippen MR) is 78.3 cm³/mol. The first-order valence-electron chi connectivity index (χ1n) is 6.74. The van der Waals surface area contributed by atoms with Crippen molar-refractivity contribution in [2.45, 2.75) is 30.7 Å². The standard InChI is InChI=1S/C14H14ClNO7/c15-5-1-2-6-7(3-5)16-4-8(6)22-14-11(19)9(17)10(18)12(23-14)13(20)21/h1-4,9-12,14,16-19H,(H,20,21)/t9-,10+,11?,12?,14-/m1/s1. The lowest BCUT2D eigenvalue weighted by atomic mass is 9.99. The molecule has 3 rings (SSSR count). The highest BCUT2D eigenvalue weighted by atomic mass is 35.5. The number of aliphatic hydroxyl groups is 3.